The van der Waals surface area contributed by atoms with Gasteiger partial charge in [-0.15, -0.1) is 0 Å². The average Bonchev–Trinajstić information content (AvgIpc) is 2.82. The van der Waals surface area contributed by atoms with E-state index in [9.17, 15) is 19.2 Å². The molecule has 2 N–H and O–H groups in total. The molecule has 1 aromatic rings. The second kappa shape index (κ2) is 14.9. The highest BCUT2D eigenvalue weighted by Gasteiger charge is 2.39. The fourth-order valence-corrected chi connectivity index (χ4v) is 4.37. The summed E-state index contributed by atoms with van der Waals surface area (Å²) in [4.78, 5) is 53.8. The maximum absolute atomic E-state index is 14.2. The third kappa shape index (κ3) is 9.91. The Balaban J connectivity index is 3.60. The van der Waals surface area contributed by atoms with Gasteiger partial charge in [-0.25, -0.2) is 4.79 Å². The van der Waals surface area contributed by atoms with E-state index in [-0.39, 0.29) is 12.6 Å². The van der Waals surface area contributed by atoms with Crippen LogP contribution in [0.1, 0.15) is 70.2 Å². The van der Waals surface area contributed by atoms with E-state index in [0.29, 0.717) is 24.2 Å². The van der Waals surface area contributed by atoms with Crippen LogP contribution in [0.25, 0.3) is 0 Å². The van der Waals surface area contributed by atoms with Crippen LogP contribution in [-0.2, 0) is 23.9 Å². The highest BCUT2D eigenvalue weighted by Crippen LogP contribution is 2.31. The minimum absolute atomic E-state index is 0.328. The Hall–Kier alpha value is -2.75. The van der Waals surface area contributed by atoms with E-state index in [0.717, 1.165) is 11.1 Å². The molecule has 0 heterocycles. The minimum Gasteiger partial charge on any atom is -0.468 e. The van der Waals surface area contributed by atoms with Gasteiger partial charge >= 0.3 is 12.1 Å². The number of nitrogens with one attached hydrogen (secondary N) is 2. The van der Waals surface area contributed by atoms with E-state index in [1.807, 2.05) is 52.1 Å². The minimum atomic E-state index is -1.02. The summed E-state index contributed by atoms with van der Waals surface area (Å²) in [6.45, 7) is 12.5. The van der Waals surface area contributed by atoms with Crippen molar-refractivity contribution < 1.29 is 28.7 Å². The average molecular weight is 538 g/mol. The summed E-state index contributed by atoms with van der Waals surface area (Å²) in [7, 11) is 1.24. The Morgan fingerprint density at radius 1 is 1.11 bits per heavy atom. The topological polar surface area (TPSA) is 114 Å². The molecule has 10 heteroatoms. The molecule has 0 aliphatic carbocycles. The van der Waals surface area contributed by atoms with Crippen LogP contribution in [0.5, 0.6) is 0 Å². The van der Waals surface area contributed by atoms with Gasteiger partial charge in [0.15, 0.2) is 0 Å². The lowest BCUT2D eigenvalue weighted by Gasteiger charge is -2.39. The van der Waals surface area contributed by atoms with Crippen molar-refractivity contribution in [2.24, 2.45) is 0 Å². The van der Waals surface area contributed by atoms with Crippen LogP contribution in [0, 0.1) is 13.8 Å². The molecule has 0 aliphatic heterocycles. The van der Waals surface area contributed by atoms with Crippen LogP contribution in [0.2, 0.25) is 0 Å². The number of benzene rings is 1. The molecule has 0 aromatic heterocycles. The Morgan fingerprint density at radius 2 is 1.70 bits per heavy atom. The van der Waals surface area contributed by atoms with Gasteiger partial charge in [0, 0.05) is 6.04 Å². The van der Waals surface area contributed by atoms with E-state index in [2.05, 4.69) is 15.4 Å². The second-order valence-corrected chi connectivity index (χ2v) is 11.0. The number of methoxy groups -OCH3 is 1. The zero-order valence-corrected chi connectivity index (χ0v) is 24.4. The van der Waals surface area contributed by atoms with Crippen molar-refractivity contribution in [2.45, 2.75) is 85.0 Å². The van der Waals surface area contributed by atoms with Gasteiger partial charge in [-0.2, -0.15) is 11.8 Å². The molecule has 208 valence electrons. The highest BCUT2D eigenvalue weighted by molar-refractivity contribution is 7.98. The number of alkyl carbamates (subject to hydrolysis) is 1. The molecule has 3 unspecified atom stereocenters. The summed E-state index contributed by atoms with van der Waals surface area (Å²) in [5, 5.41) is 5.36. The number of carbonyl (C=O) groups excluding carboxylic acids is 4. The van der Waals surface area contributed by atoms with Gasteiger partial charge in [0.1, 0.15) is 24.2 Å². The number of hydrogen-bond acceptors (Lipinski definition) is 7. The summed E-state index contributed by atoms with van der Waals surface area (Å²) < 4.78 is 10.1. The summed E-state index contributed by atoms with van der Waals surface area (Å²) in [5.41, 5.74) is 1.61. The van der Waals surface area contributed by atoms with Gasteiger partial charge in [-0.3, -0.25) is 14.4 Å². The van der Waals surface area contributed by atoms with Crippen molar-refractivity contribution in [3.63, 3.8) is 0 Å². The van der Waals surface area contributed by atoms with Gasteiger partial charge < -0.3 is 25.0 Å². The predicted molar refractivity (Wildman–Crippen MR) is 146 cm³/mol. The van der Waals surface area contributed by atoms with Gasteiger partial charge in [-0.05, 0) is 83.1 Å². The van der Waals surface area contributed by atoms with Crippen LogP contribution >= 0.6 is 11.8 Å². The van der Waals surface area contributed by atoms with E-state index in [1.165, 1.54) is 12.0 Å². The molecule has 37 heavy (non-hydrogen) atoms. The van der Waals surface area contributed by atoms with E-state index in [1.54, 1.807) is 32.5 Å². The Bertz CT molecular complexity index is 926. The summed E-state index contributed by atoms with van der Waals surface area (Å²) in [5.74, 6) is -0.879. The molecule has 1 aromatic carbocycles. The van der Waals surface area contributed by atoms with Crippen LogP contribution in [-0.4, -0.2) is 72.1 Å². The summed E-state index contributed by atoms with van der Waals surface area (Å²) in [6, 6.07) is 3.37. The second-order valence-electron chi connectivity index (χ2n) is 9.99. The number of esters is 1. The third-order valence-electron chi connectivity index (χ3n) is 5.90. The smallest absolute Gasteiger partial charge is 0.408 e. The van der Waals surface area contributed by atoms with Crippen molar-refractivity contribution in [3.8, 4) is 0 Å². The van der Waals surface area contributed by atoms with Gasteiger partial charge in [0.25, 0.3) is 0 Å². The van der Waals surface area contributed by atoms with Crippen molar-refractivity contribution in [1.29, 1.82) is 0 Å². The van der Waals surface area contributed by atoms with Crippen molar-refractivity contribution in [1.82, 2.24) is 15.5 Å². The van der Waals surface area contributed by atoms with Crippen LogP contribution in [0.4, 0.5) is 4.79 Å². The van der Waals surface area contributed by atoms with Crippen LogP contribution in [0.15, 0.2) is 18.2 Å². The van der Waals surface area contributed by atoms with Crippen molar-refractivity contribution in [2.75, 3.05) is 25.7 Å². The van der Waals surface area contributed by atoms with E-state index < -0.39 is 41.6 Å². The van der Waals surface area contributed by atoms with Crippen LogP contribution < -0.4 is 10.6 Å². The monoisotopic (exact) mass is 537 g/mol. The number of nitrogens with zero attached hydrogens (tertiary/aromatic N) is 1. The molecule has 0 radical (unpaired) electrons. The normalized spacial score (nSPS) is 13.6. The molecule has 9 nitrogen and oxygen atoms in total. The quantitative estimate of drug-likeness (QED) is 0.389. The van der Waals surface area contributed by atoms with Crippen molar-refractivity contribution >= 4 is 35.6 Å². The molecule has 0 saturated heterocycles. The number of rotatable bonds is 12. The summed E-state index contributed by atoms with van der Waals surface area (Å²) >= 11 is 1.55. The molecular weight excluding hydrogens is 494 g/mol. The fourth-order valence-electron chi connectivity index (χ4n) is 3.90. The first-order valence-corrected chi connectivity index (χ1v) is 13.9. The van der Waals surface area contributed by atoms with Gasteiger partial charge in [0.05, 0.1) is 7.11 Å². The number of thioether (sulfide) groups is 1. The van der Waals surface area contributed by atoms with E-state index in [4.69, 9.17) is 4.74 Å². The third-order valence-corrected chi connectivity index (χ3v) is 6.54. The Labute approximate surface area is 225 Å². The molecule has 0 bridgehead atoms. The summed E-state index contributed by atoms with van der Waals surface area (Å²) in [6.07, 6.45) is 2.14. The largest absolute Gasteiger partial charge is 0.468 e. The standard InChI is InChI=1S/C27H43N3O6S/c1-10-19(4)30(25(33)20(14-15-37-9)29-26(34)36-27(5,6)7)23(24(32)28-16-21(31)35-8)22-17(2)12-11-13-18(22)3/h11-13,19-20,23H,10,14-16H2,1-9H3,(H,28,32)(H,29,34). The lowest BCUT2D eigenvalue weighted by Crippen LogP contribution is -2.56. The highest BCUT2D eigenvalue weighted by atomic mass is 32.2. The SMILES string of the molecule is CCC(C)N(C(=O)C(CCSC)NC(=O)OC(C)(C)C)C(C(=O)NCC(=O)OC)c1c(C)cccc1C. The van der Waals surface area contributed by atoms with Gasteiger partial charge in [-0.1, -0.05) is 25.1 Å². The first-order valence-electron chi connectivity index (χ1n) is 12.5. The molecule has 0 aliphatic rings. The zero-order valence-electron chi connectivity index (χ0n) is 23.6. The van der Waals surface area contributed by atoms with Gasteiger partial charge in [0.2, 0.25) is 11.8 Å². The maximum Gasteiger partial charge on any atom is 0.408 e. The lowest BCUT2D eigenvalue weighted by atomic mass is 9.92. The first kappa shape index (κ1) is 32.3. The molecule has 0 spiro atoms. The fraction of sp³-hybridized carbons (Fsp3) is 0.630. The maximum atomic E-state index is 14.2. The first-order chi connectivity index (χ1) is 17.3. The number of hydrogen-bond donors (Lipinski definition) is 2. The molecule has 0 saturated carbocycles. The van der Waals surface area contributed by atoms with Crippen LogP contribution in [0.3, 0.4) is 0 Å². The molecule has 1 rings (SSSR count). The molecular formula is C27H43N3O6S. The molecule has 0 fully saturated rings. The van der Waals surface area contributed by atoms with E-state index >= 15 is 0 Å². The van der Waals surface area contributed by atoms with Crippen molar-refractivity contribution in [3.05, 3.63) is 34.9 Å². The number of ether oxygens (including phenoxy) is 2. The zero-order chi connectivity index (χ0) is 28.3. The molecule has 3 amide bonds. The molecule has 3 atom stereocenters. The Morgan fingerprint density at radius 3 is 2.19 bits per heavy atom. The number of carbonyl (C=O) groups is 4. The lowest BCUT2D eigenvalue weighted by molar-refractivity contribution is -0.146. The Kier molecular flexibility index (Phi) is 13.0. The predicted octanol–water partition coefficient (Wildman–Crippen LogP) is 3.91. The number of aryl methyl sites for hydroxylation is 2. The number of amides is 3.